The summed E-state index contributed by atoms with van der Waals surface area (Å²) in [6.07, 6.45) is 5.36. The van der Waals surface area contributed by atoms with Gasteiger partial charge >= 0.3 is 11.9 Å². The molecule has 1 heterocycles. The molecule has 0 bridgehead atoms. The molecule has 2 rings (SSSR count). The second-order valence-corrected chi connectivity index (χ2v) is 5.41. The van der Waals surface area contributed by atoms with Crippen LogP contribution in [0, 0.1) is 0 Å². The van der Waals surface area contributed by atoms with Crippen molar-refractivity contribution in [3.63, 3.8) is 0 Å². The van der Waals surface area contributed by atoms with Crippen molar-refractivity contribution in [2.45, 2.75) is 18.6 Å². The predicted molar refractivity (Wildman–Crippen MR) is 91.9 cm³/mol. The number of aliphatic hydroxyl groups excluding tert-OH is 1. The first-order chi connectivity index (χ1) is 12.7. The molecule has 0 aliphatic carbocycles. The van der Waals surface area contributed by atoms with Crippen LogP contribution in [-0.2, 0) is 28.5 Å². The Balaban J connectivity index is 1.49. The van der Waals surface area contributed by atoms with Crippen molar-refractivity contribution in [2.24, 2.45) is 0 Å². The van der Waals surface area contributed by atoms with E-state index in [1.807, 2.05) is 0 Å². The number of allylic oxidation sites excluding steroid dienone is 2. The van der Waals surface area contributed by atoms with Crippen LogP contribution in [0.15, 0.2) is 54.8 Å². The molecular weight excluding hydrogens is 340 g/mol. The zero-order chi connectivity index (χ0) is 18.6. The summed E-state index contributed by atoms with van der Waals surface area (Å²) in [5.41, 5.74) is 0.470. The lowest BCUT2D eigenvalue weighted by Crippen LogP contribution is -2.20. The monoisotopic (exact) mass is 362 g/mol. The predicted octanol–water partition coefficient (Wildman–Crippen LogP) is 1.68. The minimum Gasteiger partial charge on any atom is -0.493 e. The van der Waals surface area contributed by atoms with E-state index in [0.29, 0.717) is 5.56 Å². The number of benzene rings is 1. The van der Waals surface area contributed by atoms with Crippen LogP contribution in [0.5, 0.6) is 0 Å². The Hall–Kier alpha value is -2.64. The maximum atomic E-state index is 11.7. The second kappa shape index (κ2) is 11.1. The van der Waals surface area contributed by atoms with Gasteiger partial charge in [-0.25, -0.2) is 4.79 Å². The fourth-order valence-corrected chi connectivity index (χ4v) is 2.13. The molecule has 0 aromatic heterocycles. The summed E-state index contributed by atoms with van der Waals surface area (Å²) in [5.74, 6) is -1.11. The number of carbonyl (C=O) groups is 2. The van der Waals surface area contributed by atoms with E-state index in [2.05, 4.69) is 0 Å². The van der Waals surface area contributed by atoms with Gasteiger partial charge < -0.3 is 24.1 Å². The van der Waals surface area contributed by atoms with Crippen LogP contribution in [0.1, 0.15) is 18.1 Å². The number of carbonyl (C=O) groups excluding carboxylic acids is 2. The minimum atomic E-state index is -1.32. The summed E-state index contributed by atoms with van der Waals surface area (Å²) in [6, 6.07) is 8.52. The summed E-state index contributed by atoms with van der Waals surface area (Å²) >= 11 is 0. The summed E-state index contributed by atoms with van der Waals surface area (Å²) in [4.78, 5) is 23.3. The first-order valence-corrected chi connectivity index (χ1v) is 8.28. The van der Waals surface area contributed by atoms with Gasteiger partial charge in [0, 0.05) is 0 Å². The van der Waals surface area contributed by atoms with E-state index in [1.165, 1.54) is 6.26 Å². The molecule has 1 N–H and O–H groups in total. The van der Waals surface area contributed by atoms with Crippen molar-refractivity contribution in [3.8, 4) is 0 Å². The lowest BCUT2D eigenvalue weighted by atomic mass is 10.1. The summed E-state index contributed by atoms with van der Waals surface area (Å²) in [6.45, 7) is 0.436. The zero-order valence-electron chi connectivity index (χ0n) is 14.3. The molecule has 140 valence electrons. The third-order valence-corrected chi connectivity index (χ3v) is 3.44. The smallest absolute Gasteiger partial charge is 0.339 e. The molecule has 2 unspecified atom stereocenters. The Morgan fingerprint density at radius 2 is 1.77 bits per heavy atom. The van der Waals surface area contributed by atoms with Crippen LogP contribution >= 0.6 is 0 Å². The van der Waals surface area contributed by atoms with Crippen LogP contribution in [0.2, 0.25) is 0 Å². The highest BCUT2D eigenvalue weighted by atomic mass is 16.6. The van der Waals surface area contributed by atoms with E-state index in [1.54, 1.807) is 48.6 Å². The topological polar surface area (TPSA) is 91.3 Å². The van der Waals surface area contributed by atoms with Gasteiger partial charge in [0.1, 0.15) is 19.3 Å². The Bertz CT molecular complexity index is 624. The van der Waals surface area contributed by atoms with E-state index in [-0.39, 0.29) is 44.9 Å². The minimum absolute atomic E-state index is 0.00369. The molecule has 0 fully saturated rings. The molecule has 0 amide bonds. The largest absolute Gasteiger partial charge is 0.493 e. The van der Waals surface area contributed by atoms with Gasteiger partial charge in [0.05, 0.1) is 25.9 Å². The first kappa shape index (κ1) is 19.7. The van der Waals surface area contributed by atoms with Crippen molar-refractivity contribution in [1.29, 1.82) is 0 Å². The fourth-order valence-electron chi connectivity index (χ4n) is 2.13. The number of esters is 2. The van der Waals surface area contributed by atoms with Crippen LogP contribution in [0.4, 0.5) is 0 Å². The van der Waals surface area contributed by atoms with Gasteiger partial charge in [-0.3, -0.25) is 4.79 Å². The van der Waals surface area contributed by atoms with Gasteiger partial charge in [-0.05, 0) is 17.7 Å². The van der Waals surface area contributed by atoms with Gasteiger partial charge in [0.15, 0.2) is 6.10 Å². The van der Waals surface area contributed by atoms with Gasteiger partial charge in [0.2, 0.25) is 0 Å². The average molecular weight is 362 g/mol. The fraction of sp³-hybridized carbons (Fsp3) is 0.368. The third-order valence-electron chi connectivity index (χ3n) is 3.44. The summed E-state index contributed by atoms with van der Waals surface area (Å²) < 4.78 is 20.4. The van der Waals surface area contributed by atoms with Crippen molar-refractivity contribution in [1.82, 2.24) is 0 Å². The molecule has 0 saturated heterocycles. The normalized spacial score (nSPS) is 16.6. The van der Waals surface area contributed by atoms with Gasteiger partial charge in [-0.15, -0.1) is 0 Å². The Kier molecular flexibility index (Phi) is 8.38. The third kappa shape index (κ3) is 7.08. The van der Waals surface area contributed by atoms with Crippen molar-refractivity contribution < 1.29 is 33.6 Å². The van der Waals surface area contributed by atoms with Crippen LogP contribution in [-0.4, -0.2) is 49.6 Å². The highest BCUT2D eigenvalue weighted by Crippen LogP contribution is 2.13. The molecule has 7 heteroatoms. The number of rotatable bonds is 10. The number of ether oxygens (including phenoxy) is 4. The Labute approximate surface area is 151 Å². The molecular formula is C19H22O7. The number of hydrogen-bond donors (Lipinski definition) is 1. The molecule has 0 saturated carbocycles. The summed E-state index contributed by atoms with van der Waals surface area (Å²) in [5, 5.41) is 9.83. The van der Waals surface area contributed by atoms with E-state index in [9.17, 15) is 14.7 Å². The highest BCUT2D eigenvalue weighted by Gasteiger charge is 2.18. The van der Waals surface area contributed by atoms with Gasteiger partial charge in [0.25, 0.3) is 0 Å². The van der Waals surface area contributed by atoms with E-state index < -0.39 is 12.1 Å². The quantitative estimate of drug-likeness (QED) is 0.500. The summed E-state index contributed by atoms with van der Waals surface area (Å²) in [7, 11) is 0. The van der Waals surface area contributed by atoms with E-state index in [0.717, 1.165) is 0 Å². The zero-order valence-corrected chi connectivity index (χ0v) is 14.3. The van der Waals surface area contributed by atoms with Crippen LogP contribution in [0.25, 0.3) is 0 Å². The van der Waals surface area contributed by atoms with Crippen molar-refractivity contribution in [3.05, 3.63) is 60.4 Å². The lowest BCUT2D eigenvalue weighted by molar-refractivity contribution is -0.155. The first-order valence-electron chi connectivity index (χ1n) is 8.28. The molecule has 1 aromatic rings. The Morgan fingerprint density at radius 1 is 1.04 bits per heavy atom. The van der Waals surface area contributed by atoms with Gasteiger partial charge in [-0.2, -0.15) is 0 Å². The molecule has 1 aromatic carbocycles. The SMILES string of the molecule is O=C(CC1C=CC=CO1)OCCOCCOC(=O)C(O)c1ccccc1. The second-order valence-electron chi connectivity index (χ2n) is 5.41. The van der Waals surface area contributed by atoms with Crippen molar-refractivity contribution >= 4 is 11.9 Å². The molecule has 7 nitrogen and oxygen atoms in total. The maximum Gasteiger partial charge on any atom is 0.339 e. The number of aliphatic hydroxyl groups is 1. The van der Waals surface area contributed by atoms with Crippen molar-refractivity contribution in [2.75, 3.05) is 26.4 Å². The molecule has 0 radical (unpaired) electrons. The van der Waals surface area contributed by atoms with E-state index in [4.69, 9.17) is 18.9 Å². The van der Waals surface area contributed by atoms with Crippen LogP contribution < -0.4 is 0 Å². The standard InChI is InChI=1S/C19H22O7/c20-17(14-16-8-4-5-9-24-16)25-12-10-23-11-13-26-19(22)18(21)15-6-2-1-3-7-15/h1-9,16,18,21H,10-14H2. The van der Waals surface area contributed by atoms with E-state index >= 15 is 0 Å². The number of hydrogen-bond acceptors (Lipinski definition) is 7. The molecule has 2 atom stereocenters. The highest BCUT2D eigenvalue weighted by molar-refractivity contribution is 5.76. The maximum absolute atomic E-state index is 11.7. The molecule has 0 spiro atoms. The lowest BCUT2D eigenvalue weighted by Gasteiger charge is -2.14. The van der Waals surface area contributed by atoms with Gasteiger partial charge in [-0.1, -0.05) is 36.4 Å². The molecule has 26 heavy (non-hydrogen) atoms. The van der Waals surface area contributed by atoms with Crippen LogP contribution in [0.3, 0.4) is 0 Å². The Morgan fingerprint density at radius 3 is 2.46 bits per heavy atom. The molecule has 1 aliphatic heterocycles. The molecule has 1 aliphatic rings. The average Bonchev–Trinajstić information content (AvgIpc) is 2.68.